The van der Waals surface area contributed by atoms with E-state index in [0.717, 1.165) is 11.0 Å². The third kappa shape index (κ3) is 1.41. The van der Waals surface area contributed by atoms with Crippen LogP contribution in [0, 0.1) is 0 Å². The van der Waals surface area contributed by atoms with Crippen LogP contribution in [0.3, 0.4) is 0 Å². The number of H-pyrrole nitrogens is 1. The molecule has 0 aliphatic heterocycles. The van der Waals surface area contributed by atoms with E-state index < -0.39 is 11.4 Å². The van der Waals surface area contributed by atoms with Gasteiger partial charge in [0.15, 0.2) is 0 Å². The molecule has 1 atom stereocenters. The highest BCUT2D eigenvalue weighted by Gasteiger charge is 2.15. The van der Waals surface area contributed by atoms with Gasteiger partial charge < -0.3 is 9.54 Å². The van der Waals surface area contributed by atoms with Gasteiger partial charge in [-0.25, -0.2) is 4.98 Å². The molecule has 1 unspecified atom stereocenters. The first-order chi connectivity index (χ1) is 6.33. The summed E-state index contributed by atoms with van der Waals surface area (Å²) in [5, 5.41) is 0. The predicted molar refractivity (Wildman–Crippen MR) is 51.6 cm³/mol. The van der Waals surface area contributed by atoms with Crippen molar-refractivity contribution >= 4 is 22.4 Å². The van der Waals surface area contributed by atoms with Crippen molar-refractivity contribution in [2.45, 2.75) is 4.90 Å². The highest BCUT2D eigenvalue weighted by molar-refractivity contribution is 7.89. The Bertz CT molecular complexity index is 414. The third-order valence-corrected chi connectivity index (χ3v) is 2.87. The minimum Gasteiger partial charge on any atom is -0.593 e. The highest BCUT2D eigenvalue weighted by atomic mass is 32.2. The normalized spacial score (nSPS) is 13.4. The number of nitrogens with zero attached hydrogens (tertiary/aromatic N) is 1. The number of hydrogen-bond donors (Lipinski definition) is 2. The molecule has 0 aliphatic carbocycles. The average Bonchev–Trinajstić information content (AvgIpc) is 2.60. The first-order valence-corrected chi connectivity index (χ1v) is 4.99. The van der Waals surface area contributed by atoms with E-state index in [1.54, 1.807) is 19.4 Å². The van der Waals surface area contributed by atoms with E-state index in [-0.39, 0.29) is 0 Å². The third-order valence-electron chi connectivity index (χ3n) is 1.79. The molecule has 0 amide bonds. The Morgan fingerprint density at radius 2 is 2.46 bits per heavy atom. The van der Waals surface area contributed by atoms with Gasteiger partial charge in [-0.1, -0.05) is 0 Å². The largest absolute Gasteiger partial charge is 0.593 e. The topological polar surface area (TPSA) is 63.8 Å². The molecule has 68 valence electrons. The molecule has 0 spiro atoms. The first kappa shape index (κ1) is 8.55. The number of fused-ring (bicyclic) bond motifs is 1. The quantitative estimate of drug-likeness (QED) is 0.697. The number of rotatable bonds is 2. The summed E-state index contributed by atoms with van der Waals surface area (Å²) in [6, 6.07) is 3.74. The van der Waals surface area contributed by atoms with Gasteiger partial charge in [-0.15, -0.1) is 4.72 Å². The van der Waals surface area contributed by atoms with E-state index in [1.165, 1.54) is 0 Å². The summed E-state index contributed by atoms with van der Waals surface area (Å²) in [7, 11) is 1.65. The summed E-state index contributed by atoms with van der Waals surface area (Å²) in [6.45, 7) is 0. The van der Waals surface area contributed by atoms with Crippen molar-refractivity contribution in [3.63, 3.8) is 0 Å². The number of aromatic amines is 1. The van der Waals surface area contributed by atoms with E-state index in [2.05, 4.69) is 14.7 Å². The van der Waals surface area contributed by atoms with Gasteiger partial charge in [0.25, 0.3) is 0 Å². The molecule has 0 aromatic carbocycles. The highest BCUT2D eigenvalue weighted by Crippen LogP contribution is 2.19. The SMILES string of the molecule is CN[S+]([O-])c1c[nH]c2cccnc12. The molecule has 2 aromatic heterocycles. The molecule has 0 fully saturated rings. The molecule has 2 heterocycles. The molecule has 13 heavy (non-hydrogen) atoms. The molecule has 2 rings (SSSR count). The van der Waals surface area contributed by atoms with Crippen LogP contribution in [0.5, 0.6) is 0 Å². The van der Waals surface area contributed by atoms with Crippen LogP contribution in [0.25, 0.3) is 11.0 Å². The molecule has 0 bridgehead atoms. The molecular weight excluding hydrogens is 186 g/mol. The van der Waals surface area contributed by atoms with Crippen LogP contribution >= 0.6 is 0 Å². The minimum absolute atomic E-state index is 0.693. The van der Waals surface area contributed by atoms with Gasteiger partial charge in [0.1, 0.15) is 5.52 Å². The fraction of sp³-hybridized carbons (Fsp3) is 0.125. The molecule has 0 saturated carbocycles. The lowest BCUT2D eigenvalue weighted by Gasteiger charge is -2.03. The summed E-state index contributed by atoms with van der Waals surface area (Å²) in [5.74, 6) is 0. The van der Waals surface area contributed by atoms with Crippen molar-refractivity contribution in [3.05, 3.63) is 24.5 Å². The monoisotopic (exact) mass is 195 g/mol. The maximum atomic E-state index is 11.4. The molecule has 4 nitrogen and oxygen atoms in total. The van der Waals surface area contributed by atoms with Gasteiger partial charge >= 0.3 is 0 Å². The van der Waals surface area contributed by atoms with Crippen molar-refractivity contribution in [3.8, 4) is 0 Å². The molecule has 0 radical (unpaired) electrons. The van der Waals surface area contributed by atoms with E-state index >= 15 is 0 Å². The maximum Gasteiger partial charge on any atom is 0.217 e. The lowest BCUT2D eigenvalue weighted by Crippen LogP contribution is -2.18. The van der Waals surface area contributed by atoms with Gasteiger partial charge in [-0.3, -0.25) is 0 Å². The van der Waals surface area contributed by atoms with Crippen molar-refractivity contribution in [2.75, 3.05) is 7.05 Å². The molecule has 0 saturated heterocycles. The fourth-order valence-electron chi connectivity index (χ4n) is 1.18. The number of pyridine rings is 1. The Morgan fingerprint density at radius 1 is 1.62 bits per heavy atom. The van der Waals surface area contributed by atoms with Crippen molar-refractivity contribution < 1.29 is 4.55 Å². The van der Waals surface area contributed by atoms with Crippen LogP contribution in [-0.4, -0.2) is 21.6 Å². The van der Waals surface area contributed by atoms with Crippen molar-refractivity contribution in [2.24, 2.45) is 0 Å². The molecule has 5 heteroatoms. The molecule has 0 aliphatic rings. The zero-order chi connectivity index (χ0) is 9.26. The number of nitrogens with one attached hydrogen (secondary N) is 2. The second kappa shape index (κ2) is 3.37. The molecular formula is C8H9N3OS. The van der Waals surface area contributed by atoms with Crippen LogP contribution in [-0.2, 0) is 11.4 Å². The van der Waals surface area contributed by atoms with Crippen LogP contribution in [0.2, 0.25) is 0 Å². The van der Waals surface area contributed by atoms with Gasteiger partial charge in [-0.05, 0) is 12.1 Å². The average molecular weight is 195 g/mol. The van der Waals surface area contributed by atoms with Gasteiger partial charge in [0, 0.05) is 13.2 Å². The predicted octanol–water partition coefficient (Wildman–Crippen LogP) is 0.805. The Hall–Kier alpha value is -1.04. The van der Waals surface area contributed by atoms with E-state index in [4.69, 9.17) is 0 Å². The van der Waals surface area contributed by atoms with Gasteiger partial charge in [0.2, 0.25) is 4.90 Å². The smallest absolute Gasteiger partial charge is 0.217 e. The Morgan fingerprint density at radius 3 is 3.23 bits per heavy atom. The zero-order valence-corrected chi connectivity index (χ0v) is 7.89. The summed E-state index contributed by atoms with van der Waals surface area (Å²) in [4.78, 5) is 7.85. The first-order valence-electron chi connectivity index (χ1n) is 3.84. The lowest BCUT2D eigenvalue weighted by molar-refractivity contribution is 0.588. The lowest BCUT2D eigenvalue weighted by atomic mass is 10.4. The maximum absolute atomic E-state index is 11.4. The standard InChI is InChI=1S/C8H9N3OS/c1-9-13(12)7-5-11-6-3-2-4-10-8(6)7/h2-5,9,11H,1H3. The number of hydrogen-bond acceptors (Lipinski definition) is 3. The van der Waals surface area contributed by atoms with E-state index in [9.17, 15) is 4.55 Å². The summed E-state index contributed by atoms with van der Waals surface area (Å²) < 4.78 is 14.1. The van der Waals surface area contributed by atoms with Crippen LogP contribution in [0.1, 0.15) is 0 Å². The summed E-state index contributed by atoms with van der Waals surface area (Å²) in [5.41, 5.74) is 1.66. The van der Waals surface area contributed by atoms with E-state index in [0.29, 0.717) is 4.90 Å². The Labute approximate surface area is 78.7 Å². The van der Waals surface area contributed by atoms with Crippen molar-refractivity contribution in [1.82, 2.24) is 14.7 Å². The second-order valence-corrected chi connectivity index (χ2v) is 3.91. The van der Waals surface area contributed by atoms with Crippen molar-refractivity contribution in [1.29, 1.82) is 0 Å². The fourth-order valence-corrected chi connectivity index (χ4v) is 1.91. The zero-order valence-electron chi connectivity index (χ0n) is 7.07. The Kier molecular flexibility index (Phi) is 2.22. The summed E-state index contributed by atoms with van der Waals surface area (Å²) in [6.07, 6.45) is 3.40. The van der Waals surface area contributed by atoms with E-state index in [1.807, 2.05) is 12.1 Å². The summed E-state index contributed by atoms with van der Waals surface area (Å²) >= 11 is -1.18. The molecule has 2 aromatic rings. The minimum atomic E-state index is -1.18. The van der Waals surface area contributed by atoms with Crippen LogP contribution < -0.4 is 4.72 Å². The van der Waals surface area contributed by atoms with Gasteiger partial charge in [-0.2, -0.15) is 0 Å². The molecule has 2 N–H and O–H groups in total. The van der Waals surface area contributed by atoms with Crippen LogP contribution in [0.15, 0.2) is 29.4 Å². The Balaban J connectivity index is 2.57. The van der Waals surface area contributed by atoms with Gasteiger partial charge in [0.05, 0.1) is 23.1 Å². The number of aromatic nitrogens is 2. The van der Waals surface area contributed by atoms with Crippen LogP contribution in [0.4, 0.5) is 0 Å². The second-order valence-electron chi connectivity index (χ2n) is 2.53.